The summed E-state index contributed by atoms with van der Waals surface area (Å²) in [5, 5.41) is 4.20. The van der Waals surface area contributed by atoms with Gasteiger partial charge in [0.2, 0.25) is 0 Å². The van der Waals surface area contributed by atoms with Gasteiger partial charge in [0.25, 0.3) is 0 Å². The summed E-state index contributed by atoms with van der Waals surface area (Å²) in [6.07, 6.45) is 4.83. The fraction of sp³-hybridized carbons (Fsp3) is 0.316. The number of aromatic nitrogens is 3. The molecular weight excluding hydrogens is 365 g/mol. The number of hydrogen-bond donors (Lipinski definition) is 1. The molecule has 1 fully saturated rings. The van der Waals surface area contributed by atoms with E-state index in [1.165, 1.54) is 17.1 Å². The predicted molar refractivity (Wildman–Crippen MR) is 103 cm³/mol. The molecule has 0 spiro atoms. The molecule has 1 saturated heterocycles. The van der Waals surface area contributed by atoms with Gasteiger partial charge in [-0.15, -0.1) is 11.3 Å². The average molecular weight is 385 g/mol. The van der Waals surface area contributed by atoms with Gasteiger partial charge in [-0.05, 0) is 31.2 Å². The highest BCUT2D eigenvalue weighted by atomic mass is 32.1. The molecule has 4 heterocycles. The van der Waals surface area contributed by atoms with Crippen molar-refractivity contribution in [2.45, 2.75) is 19.6 Å². The van der Waals surface area contributed by atoms with Gasteiger partial charge in [0, 0.05) is 30.7 Å². The first-order chi connectivity index (χ1) is 13.2. The molecule has 0 aliphatic carbocycles. The van der Waals surface area contributed by atoms with Crippen molar-refractivity contribution >= 4 is 22.8 Å². The maximum Gasteiger partial charge on any atom is 0.141 e. The van der Waals surface area contributed by atoms with Crippen LogP contribution in [0.15, 0.2) is 42.9 Å². The summed E-state index contributed by atoms with van der Waals surface area (Å²) >= 11 is 1.74. The number of nitrogens with zero attached hydrogens (tertiary/aromatic N) is 4. The van der Waals surface area contributed by atoms with E-state index in [0.29, 0.717) is 12.4 Å². The van der Waals surface area contributed by atoms with Gasteiger partial charge in [-0.3, -0.25) is 9.88 Å². The van der Waals surface area contributed by atoms with Crippen molar-refractivity contribution in [2.75, 3.05) is 25.0 Å². The first kappa shape index (κ1) is 18.0. The topological polar surface area (TPSA) is 63.2 Å². The van der Waals surface area contributed by atoms with Crippen LogP contribution in [0.1, 0.15) is 21.7 Å². The number of nitrogens with one attached hydrogen (secondary N) is 1. The smallest absolute Gasteiger partial charge is 0.141 e. The standard InChI is InChI=1S/C19H20FN5OS/c1-13-21-10-16(27-13)11-25-6-7-26-18(12-25)17-4-3-15(9-22-17)24-19-5-2-14(20)8-23-19/h2-5,8-10,18H,6-7,11-12H2,1H3,(H,23,24)/t18-/m1/s1. The number of pyridine rings is 2. The lowest BCUT2D eigenvalue weighted by Gasteiger charge is -2.32. The van der Waals surface area contributed by atoms with Crippen molar-refractivity contribution in [3.63, 3.8) is 0 Å². The van der Waals surface area contributed by atoms with Crippen LogP contribution >= 0.6 is 11.3 Å². The van der Waals surface area contributed by atoms with Crippen molar-refractivity contribution in [3.8, 4) is 0 Å². The van der Waals surface area contributed by atoms with E-state index < -0.39 is 0 Å². The van der Waals surface area contributed by atoms with E-state index >= 15 is 0 Å². The fourth-order valence-corrected chi connectivity index (χ4v) is 3.83. The molecule has 1 aliphatic heterocycles. The van der Waals surface area contributed by atoms with Gasteiger partial charge >= 0.3 is 0 Å². The van der Waals surface area contributed by atoms with Gasteiger partial charge in [0.15, 0.2) is 0 Å². The van der Waals surface area contributed by atoms with Crippen LogP contribution in [0.2, 0.25) is 0 Å². The highest BCUT2D eigenvalue weighted by Gasteiger charge is 2.23. The van der Waals surface area contributed by atoms with E-state index in [1.54, 1.807) is 23.6 Å². The van der Waals surface area contributed by atoms with Crippen molar-refractivity contribution in [3.05, 3.63) is 64.3 Å². The minimum absolute atomic E-state index is 0.0502. The lowest BCUT2D eigenvalue weighted by Crippen LogP contribution is -2.37. The fourth-order valence-electron chi connectivity index (χ4n) is 2.99. The van der Waals surface area contributed by atoms with E-state index in [4.69, 9.17) is 4.74 Å². The average Bonchev–Trinajstić information content (AvgIpc) is 3.09. The van der Waals surface area contributed by atoms with E-state index in [-0.39, 0.29) is 11.9 Å². The van der Waals surface area contributed by atoms with Crippen molar-refractivity contribution < 1.29 is 9.13 Å². The second kappa shape index (κ2) is 8.08. The normalized spacial score (nSPS) is 17.8. The van der Waals surface area contributed by atoms with E-state index in [9.17, 15) is 4.39 Å². The van der Waals surface area contributed by atoms with Crippen molar-refractivity contribution in [2.24, 2.45) is 0 Å². The molecule has 6 nitrogen and oxygen atoms in total. The first-order valence-electron chi connectivity index (χ1n) is 8.75. The van der Waals surface area contributed by atoms with Crippen LogP contribution in [0.25, 0.3) is 0 Å². The molecule has 0 aromatic carbocycles. The molecule has 0 amide bonds. The predicted octanol–water partition coefficient (Wildman–Crippen LogP) is 3.70. The highest BCUT2D eigenvalue weighted by molar-refractivity contribution is 7.11. The molecule has 3 aromatic rings. The van der Waals surface area contributed by atoms with Gasteiger partial charge in [-0.25, -0.2) is 14.4 Å². The molecule has 0 saturated carbocycles. The summed E-state index contributed by atoms with van der Waals surface area (Å²) in [5.74, 6) is 0.215. The molecule has 27 heavy (non-hydrogen) atoms. The SMILES string of the molecule is Cc1ncc(CN2CCO[C@@H](c3ccc(Nc4ccc(F)cn4)cn3)C2)s1. The Kier molecular flexibility index (Phi) is 5.38. The monoisotopic (exact) mass is 385 g/mol. The second-order valence-electron chi connectivity index (χ2n) is 6.40. The molecule has 1 atom stereocenters. The molecule has 0 bridgehead atoms. The van der Waals surface area contributed by atoms with Crippen LogP contribution in [-0.2, 0) is 11.3 Å². The Morgan fingerprint density at radius 3 is 2.81 bits per heavy atom. The molecule has 1 N–H and O–H groups in total. The number of rotatable bonds is 5. The van der Waals surface area contributed by atoms with Crippen LogP contribution in [0.3, 0.4) is 0 Å². The highest BCUT2D eigenvalue weighted by Crippen LogP contribution is 2.24. The number of halogens is 1. The van der Waals surface area contributed by atoms with Gasteiger partial charge in [0.05, 0.1) is 35.4 Å². The van der Waals surface area contributed by atoms with Crippen LogP contribution in [0.5, 0.6) is 0 Å². The molecule has 4 rings (SSSR count). The Hall–Kier alpha value is -2.42. The third-order valence-corrected chi connectivity index (χ3v) is 5.21. The summed E-state index contributed by atoms with van der Waals surface area (Å²) in [7, 11) is 0. The lowest BCUT2D eigenvalue weighted by atomic mass is 10.2. The zero-order chi connectivity index (χ0) is 18.6. The van der Waals surface area contributed by atoms with E-state index in [0.717, 1.165) is 36.0 Å². The molecular formula is C19H20FN5OS. The Balaban J connectivity index is 1.38. The minimum atomic E-state index is -0.360. The molecule has 3 aromatic heterocycles. The molecule has 8 heteroatoms. The van der Waals surface area contributed by atoms with E-state index in [1.807, 2.05) is 25.3 Å². The zero-order valence-electron chi connectivity index (χ0n) is 14.9. The van der Waals surface area contributed by atoms with Crippen molar-refractivity contribution in [1.29, 1.82) is 0 Å². The van der Waals surface area contributed by atoms with Gasteiger partial charge in [-0.1, -0.05) is 0 Å². The molecule has 1 aliphatic rings. The summed E-state index contributed by atoms with van der Waals surface area (Å²) in [6, 6.07) is 6.85. The summed E-state index contributed by atoms with van der Waals surface area (Å²) in [4.78, 5) is 16.5. The number of hydrogen-bond acceptors (Lipinski definition) is 7. The Morgan fingerprint density at radius 2 is 2.11 bits per heavy atom. The molecule has 0 unspecified atom stereocenters. The maximum atomic E-state index is 12.9. The summed E-state index contributed by atoms with van der Waals surface area (Å²) < 4.78 is 18.8. The number of aryl methyl sites for hydroxylation is 1. The zero-order valence-corrected chi connectivity index (χ0v) is 15.7. The number of ether oxygens (including phenoxy) is 1. The third-order valence-electron chi connectivity index (χ3n) is 4.32. The maximum absolute atomic E-state index is 12.9. The van der Waals surface area contributed by atoms with Crippen LogP contribution in [0.4, 0.5) is 15.9 Å². The van der Waals surface area contributed by atoms with Gasteiger partial charge in [0.1, 0.15) is 17.7 Å². The molecule has 0 radical (unpaired) electrons. The Morgan fingerprint density at radius 1 is 1.19 bits per heavy atom. The first-order valence-corrected chi connectivity index (χ1v) is 9.57. The van der Waals surface area contributed by atoms with E-state index in [2.05, 4.69) is 25.2 Å². The second-order valence-corrected chi connectivity index (χ2v) is 7.72. The lowest BCUT2D eigenvalue weighted by molar-refractivity contribution is -0.0346. The van der Waals surface area contributed by atoms with Gasteiger partial charge < -0.3 is 10.1 Å². The van der Waals surface area contributed by atoms with Crippen LogP contribution in [0, 0.1) is 12.7 Å². The van der Waals surface area contributed by atoms with Crippen LogP contribution < -0.4 is 5.32 Å². The Bertz CT molecular complexity index is 884. The number of anilines is 2. The minimum Gasteiger partial charge on any atom is -0.369 e. The largest absolute Gasteiger partial charge is 0.369 e. The Labute approximate surface area is 161 Å². The van der Waals surface area contributed by atoms with Gasteiger partial charge in [-0.2, -0.15) is 0 Å². The van der Waals surface area contributed by atoms with Crippen LogP contribution in [-0.4, -0.2) is 39.5 Å². The quantitative estimate of drug-likeness (QED) is 0.723. The summed E-state index contributed by atoms with van der Waals surface area (Å²) in [6.45, 7) is 5.31. The van der Waals surface area contributed by atoms with Crippen molar-refractivity contribution in [1.82, 2.24) is 19.9 Å². The molecule has 140 valence electrons. The third kappa shape index (κ3) is 4.65. The summed E-state index contributed by atoms with van der Waals surface area (Å²) in [5.41, 5.74) is 1.70. The number of thiazole rings is 1. The number of morpholine rings is 1.